The van der Waals surface area contributed by atoms with Gasteiger partial charge >= 0.3 is 0 Å². The van der Waals surface area contributed by atoms with Crippen molar-refractivity contribution in [1.29, 1.82) is 0 Å². The third kappa shape index (κ3) is 2.92. The Morgan fingerprint density at radius 3 is 2.41 bits per heavy atom. The molecule has 1 N–H and O–H groups in total. The molecule has 7 heteroatoms. The summed E-state index contributed by atoms with van der Waals surface area (Å²) in [6.45, 7) is 3.80. The Kier molecular flexibility index (Phi) is 4.76. The Morgan fingerprint density at radius 1 is 0.882 bits per heavy atom. The van der Waals surface area contributed by atoms with Gasteiger partial charge in [-0.15, -0.1) is 0 Å². The minimum atomic E-state index is -0.927. The highest BCUT2D eigenvalue weighted by Gasteiger charge is 2.61. The number of nitrogens with one attached hydrogen (secondary N) is 1. The molecule has 1 aromatic heterocycles. The van der Waals surface area contributed by atoms with Gasteiger partial charge in [-0.1, -0.05) is 54.1 Å². The fourth-order valence-electron chi connectivity index (χ4n) is 5.26. The van der Waals surface area contributed by atoms with Crippen molar-refractivity contribution in [1.82, 2.24) is 4.98 Å². The van der Waals surface area contributed by atoms with Crippen LogP contribution in [0.5, 0.6) is 0 Å². The number of aryl methyl sites for hydroxylation is 1. The molecule has 4 aromatic rings. The van der Waals surface area contributed by atoms with Crippen LogP contribution in [0, 0.1) is 19.8 Å². The summed E-state index contributed by atoms with van der Waals surface area (Å²) in [6, 6.07) is 22.3. The van der Waals surface area contributed by atoms with Crippen LogP contribution in [-0.4, -0.2) is 22.9 Å². The molecule has 3 aromatic carbocycles. The molecule has 2 aliphatic heterocycles. The number of aromatic nitrogens is 1. The van der Waals surface area contributed by atoms with E-state index in [4.69, 9.17) is 16.4 Å². The van der Waals surface area contributed by atoms with E-state index in [1.165, 1.54) is 4.90 Å². The maximum absolute atomic E-state index is 13.9. The molecule has 6 rings (SSSR count). The van der Waals surface area contributed by atoms with Crippen molar-refractivity contribution in [2.75, 3.05) is 9.96 Å². The van der Waals surface area contributed by atoms with Gasteiger partial charge in [-0.05, 0) is 49.7 Å². The van der Waals surface area contributed by atoms with Crippen LogP contribution < -0.4 is 9.96 Å². The Hall–Kier alpha value is -3.61. The largest absolute Gasteiger partial charge is 0.358 e. The predicted octanol–water partition coefficient (Wildman–Crippen LogP) is 5.49. The lowest BCUT2D eigenvalue weighted by atomic mass is 9.89. The van der Waals surface area contributed by atoms with E-state index in [0.717, 1.165) is 27.8 Å². The van der Waals surface area contributed by atoms with Gasteiger partial charge in [0.15, 0.2) is 6.10 Å². The Balaban J connectivity index is 1.53. The maximum atomic E-state index is 13.9. The van der Waals surface area contributed by atoms with Crippen LogP contribution >= 0.6 is 11.6 Å². The molecule has 3 heterocycles. The number of halogens is 1. The lowest BCUT2D eigenvalue weighted by Crippen LogP contribution is -2.37. The molecule has 0 saturated carbocycles. The zero-order valence-electron chi connectivity index (χ0n) is 18.7. The van der Waals surface area contributed by atoms with Gasteiger partial charge in [0.2, 0.25) is 5.91 Å². The fraction of sp³-hybridized carbons (Fsp3) is 0.185. The van der Waals surface area contributed by atoms with E-state index < -0.39 is 18.1 Å². The van der Waals surface area contributed by atoms with Gasteiger partial charge in [-0.2, -0.15) is 0 Å². The SMILES string of the molecule is Cc1[nH]c2ccccc2c1[C@H]1[C@@H]2C(=O)N(c3cccc(Cl)c3C)C(=O)[C@H]2ON1c1ccccc1. The number of amides is 2. The molecule has 170 valence electrons. The highest BCUT2D eigenvalue weighted by Crippen LogP contribution is 2.50. The van der Waals surface area contributed by atoms with E-state index in [2.05, 4.69) is 4.98 Å². The van der Waals surface area contributed by atoms with E-state index in [-0.39, 0.29) is 11.8 Å². The number of nitrogens with zero attached hydrogens (tertiary/aromatic N) is 2. The number of hydrogen-bond acceptors (Lipinski definition) is 4. The van der Waals surface area contributed by atoms with Gasteiger partial charge in [0.25, 0.3) is 5.91 Å². The summed E-state index contributed by atoms with van der Waals surface area (Å²) in [4.78, 5) is 38.5. The molecule has 2 fully saturated rings. The molecule has 0 bridgehead atoms. The van der Waals surface area contributed by atoms with E-state index in [9.17, 15) is 9.59 Å². The second-order valence-corrected chi connectivity index (χ2v) is 9.17. The van der Waals surface area contributed by atoms with Crippen LogP contribution in [0.1, 0.15) is 22.9 Å². The highest BCUT2D eigenvalue weighted by molar-refractivity contribution is 6.32. The second-order valence-electron chi connectivity index (χ2n) is 8.76. The molecular formula is C27H22ClN3O3. The van der Waals surface area contributed by atoms with Gasteiger partial charge in [0, 0.05) is 27.2 Å². The lowest BCUT2D eigenvalue weighted by Gasteiger charge is -2.29. The molecule has 2 aliphatic rings. The van der Waals surface area contributed by atoms with Crippen molar-refractivity contribution in [2.45, 2.75) is 26.0 Å². The maximum Gasteiger partial charge on any atom is 0.266 e. The summed E-state index contributed by atoms with van der Waals surface area (Å²) in [6.07, 6.45) is -0.927. The normalized spacial score (nSPS) is 22.1. The van der Waals surface area contributed by atoms with Crippen LogP contribution in [0.3, 0.4) is 0 Å². The van der Waals surface area contributed by atoms with Crippen LogP contribution in [-0.2, 0) is 14.4 Å². The third-order valence-corrected chi connectivity index (χ3v) is 7.25. The number of hydroxylamine groups is 1. The number of benzene rings is 3. The van der Waals surface area contributed by atoms with E-state index >= 15 is 0 Å². The van der Waals surface area contributed by atoms with Crippen molar-refractivity contribution in [3.63, 3.8) is 0 Å². The number of carbonyl (C=O) groups excluding carboxylic acids is 2. The predicted molar refractivity (Wildman–Crippen MR) is 132 cm³/mol. The molecule has 34 heavy (non-hydrogen) atoms. The van der Waals surface area contributed by atoms with Gasteiger partial charge in [-0.25, -0.2) is 9.96 Å². The van der Waals surface area contributed by atoms with Crippen LogP contribution in [0.4, 0.5) is 11.4 Å². The van der Waals surface area contributed by atoms with Crippen molar-refractivity contribution >= 4 is 45.7 Å². The Labute approximate surface area is 201 Å². The molecule has 0 aliphatic carbocycles. The fourth-order valence-corrected chi connectivity index (χ4v) is 5.43. The number of fused-ring (bicyclic) bond motifs is 2. The topological polar surface area (TPSA) is 65.6 Å². The van der Waals surface area contributed by atoms with Crippen molar-refractivity contribution in [2.24, 2.45) is 5.92 Å². The van der Waals surface area contributed by atoms with Gasteiger partial charge < -0.3 is 4.98 Å². The smallest absolute Gasteiger partial charge is 0.266 e. The van der Waals surface area contributed by atoms with E-state index in [1.807, 2.05) is 68.4 Å². The minimum absolute atomic E-state index is 0.284. The quantitative estimate of drug-likeness (QED) is 0.401. The number of aromatic amines is 1. The molecule has 0 radical (unpaired) electrons. The number of rotatable bonds is 3. The Morgan fingerprint density at radius 2 is 1.62 bits per heavy atom. The van der Waals surface area contributed by atoms with Gasteiger partial charge in [-0.3, -0.25) is 14.4 Å². The summed E-state index contributed by atoms with van der Waals surface area (Å²) in [5.74, 6) is -1.36. The van der Waals surface area contributed by atoms with Crippen molar-refractivity contribution in [3.05, 3.63) is 94.6 Å². The summed E-state index contributed by atoms with van der Waals surface area (Å²) in [5, 5.41) is 3.24. The molecule has 2 amide bonds. The lowest BCUT2D eigenvalue weighted by molar-refractivity contribution is -0.126. The number of para-hydroxylation sites is 2. The molecule has 6 nitrogen and oxygen atoms in total. The summed E-state index contributed by atoms with van der Waals surface area (Å²) in [7, 11) is 0. The van der Waals surface area contributed by atoms with E-state index in [0.29, 0.717) is 16.3 Å². The molecular weight excluding hydrogens is 450 g/mol. The summed E-state index contributed by atoms with van der Waals surface area (Å²) >= 11 is 6.31. The molecule has 0 spiro atoms. The molecule has 2 saturated heterocycles. The average molecular weight is 472 g/mol. The average Bonchev–Trinajstić information content (AvgIpc) is 3.46. The van der Waals surface area contributed by atoms with Gasteiger partial charge in [0.05, 0.1) is 17.4 Å². The first-order valence-corrected chi connectivity index (χ1v) is 11.6. The second kappa shape index (κ2) is 7.72. The summed E-state index contributed by atoms with van der Waals surface area (Å²) in [5.41, 5.74) is 4.85. The van der Waals surface area contributed by atoms with Gasteiger partial charge in [0.1, 0.15) is 5.92 Å². The first-order valence-electron chi connectivity index (χ1n) is 11.2. The zero-order valence-corrected chi connectivity index (χ0v) is 19.4. The number of anilines is 2. The zero-order chi connectivity index (χ0) is 23.6. The van der Waals surface area contributed by atoms with Crippen LogP contribution in [0.15, 0.2) is 72.8 Å². The first-order chi connectivity index (χ1) is 16.5. The van der Waals surface area contributed by atoms with Crippen LogP contribution in [0.2, 0.25) is 5.02 Å². The standard InChI is InChI=1S/C27H22ClN3O3/c1-15-19(28)12-8-14-21(15)30-26(32)23-24(22-16(2)29-20-13-7-6-11-18(20)22)31(34-25(23)27(30)33)17-9-4-3-5-10-17/h3-14,23-25,29H,1-2H3/t23-,24-,25-/m0/s1. The summed E-state index contributed by atoms with van der Waals surface area (Å²) < 4.78 is 0. The first kappa shape index (κ1) is 21.0. The highest BCUT2D eigenvalue weighted by atomic mass is 35.5. The van der Waals surface area contributed by atoms with E-state index in [1.54, 1.807) is 23.3 Å². The van der Waals surface area contributed by atoms with Crippen molar-refractivity contribution in [3.8, 4) is 0 Å². The number of H-pyrrole nitrogens is 1. The molecule has 0 unspecified atom stereocenters. The number of carbonyl (C=O) groups is 2. The third-order valence-electron chi connectivity index (χ3n) is 6.85. The molecule has 3 atom stereocenters. The number of hydrogen-bond donors (Lipinski definition) is 1. The monoisotopic (exact) mass is 471 g/mol. The van der Waals surface area contributed by atoms with Crippen LogP contribution in [0.25, 0.3) is 10.9 Å². The Bertz CT molecular complexity index is 1450. The van der Waals surface area contributed by atoms with Crippen molar-refractivity contribution < 1.29 is 14.4 Å². The minimum Gasteiger partial charge on any atom is -0.358 e. The number of imide groups is 1.